The summed E-state index contributed by atoms with van der Waals surface area (Å²) in [5, 5.41) is 16.0. The summed E-state index contributed by atoms with van der Waals surface area (Å²) in [6.07, 6.45) is -24.6. The molecule has 0 N–H and O–H groups in total. The Kier molecular flexibility index (Phi) is 28.1. The highest BCUT2D eigenvalue weighted by molar-refractivity contribution is 5.67. The predicted molar refractivity (Wildman–Crippen MR) is 325 cm³/mol. The molecule has 4 aliphatic rings. The van der Waals surface area contributed by atoms with Gasteiger partial charge in [0.05, 0.1) is 52.9 Å². The van der Waals surface area contributed by atoms with Crippen molar-refractivity contribution >= 4 is 23.9 Å². The summed E-state index contributed by atoms with van der Waals surface area (Å²) in [6.45, 7) is 3.10. The second kappa shape index (κ2) is 37.0. The highest BCUT2D eigenvalue weighted by Gasteiger charge is 2.59. The number of nitrogens with zero attached hydrogens (tertiary/aromatic N) is 12. The molecule has 4 aromatic carbocycles. The van der Waals surface area contributed by atoms with E-state index in [2.05, 4.69) is 40.1 Å². The van der Waals surface area contributed by atoms with Crippen molar-refractivity contribution in [2.45, 2.75) is 177 Å². The van der Waals surface area contributed by atoms with E-state index in [1.54, 1.807) is 54.6 Å². The first-order valence-corrected chi connectivity index (χ1v) is 30.1. The number of hydrogen-bond acceptors (Lipinski definition) is 25. The normalized spacial score (nSPS) is 30.3. The van der Waals surface area contributed by atoms with Crippen molar-refractivity contribution in [1.29, 1.82) is 0 Å². The number of hydrogen-bond donors (Lipinski definition) is 0. The molecule has 0 saturated carbocycles. The molecule has 4 fully saturated rings. The molecule has 33 heteroatoms. The van der Waals surface area contributed by atoms with E-state index in [1.807, 2.05) is 66.7 Å². The number of benzene rings is 4. The lowest BCUT2D eigenvalue weighted by atomic mass is 9.93. The fourth-order valence-electron chi connectivity index (χ4n) is 11.4. The molecule has 95 heavy (non-hydrogen) atoms. The van der Waals surface area contributed by atoms with E-state index in [-0.39, 0.29) is 39.6 Å². The topological polar surface area (TPSA) is 420 Å². The molecule has 0 bridgehead atoms. The number of carbonyl (C=O) groups excluding carboxylic acids is 4. The molecule has 4 aliphatic heterocycles. The van der Waals surface area contributed by atoms with E-state index < -0.39 is 160 Å². The van der Waals surface area contributed by atoms with Crippen LogP contribution in [0, 0.1) is 0 Å². The van der Waals surface area contributed by atoms with Gasteiger partial charge in [0, 0.05) is 61.6 Å². The molecule has 4 saturated heterocycles. The molecule has 0 aromatic heterocycles. The first-order valence-electron chi connectivity index (χ1n) is 30.1. The monoisotopic (exact) mass is 1320 g/mol. The highest BCUT2D eigenvalue weighted by atomic mass is 16.8. The Morgan fingerprint density at radius 2 is 0.579 bits per heavy atom. The molecule has 0 amide bonds. The summed E-state index contributed by atoms with van der Waals surface area (Å²) in [4.78, 5) is 65.3. The van der Waals surface area contributed by atoms with Gasteiger partial charge in [-0.2, -0.15) is 0 Å². The van der Waals surface area contributed by atoms with E-state index in [4.69, 9.17) is 80.5 Å². The van der Waals surface area contributed by atoms with Crippen molar-refractivity contribution < 1.29 is 99.7 Å². The Balaban J connectivity index is 1.20. The van der Waals surface area contributed by atoms with Gasteiger partial charge in [-0.3, -0.25) is 19.2 Å². The Labute approximate surface area is 545 Å². The fraction of sp³-hybridized carbons (Fsp3) is 0.548. The average molecular weight is 1320 g/mol. The second-order valence-electron chi connectivity index (χ2n) is 22.0. The van der Waals surface area contributed by atoms with Crippen LogP contribution < -0.4 is 0 Å². The van der Waals surface area contributed by atoms with Crippen LogP contribution >= 0.6 is 0 Å². The maximum atomic E-state index is 13.6. The summed E-state index contributed by atoms with van der Waals surface area (Å²) in [5.41, 5.74) is 43.8. The lowest BCUT2D eigenvalue weighted by Crippen LogP contribution is -2.68. The summed E-state index contributed by atoms with van der Waals surface area (Å²) in [6, 6.07) is 29.7. The van der Waals surface area contributed by atoms with Gasteiger partial charge >= 0.3 is 23.9 Å². The van der Waals surface area contributed by atoms with Crippen LogP contribution in [-0.4, -0.2) is 187 Å². The van der Waals surface area contributed by atoms with Gasteiger partial charge in [-0.15, -0.1) is 0 Å². The number of ether oxygens (including phenoxy) is 17. The SMILES string of the molecule is CO[C@H]1O[C@H](COCc2ccccc2)[C@H](O[C@H]2O[C@H](COCc3ccccc3)[C@H](O[C@H]3O[C@H](COCc4ccccc4)[C@H](O[C@H]4O[C@H](COCc5ccccc5)[C@H](OC)[C@H](OC(C)=O)[C@H]4N=[N+]=[N-])[C@H](OC(C)=O)[C@H]3N=[N+]=[N-])[C@H](OC(C)=O)[C@H]2N=[N+]=[N-])[C@H](OC(C)=O)[C@H]1N=[N+]=[N-]. The maximum absolute atomic E-state index is 13.6. The van der Waals surface area contributed by atoms with Crippen LogP contribution in [0.1, 0.15) is 49.9 Å². The van der Waals surface area contributed by atoms with Gasteiger partial charge in [0.25, 0.3) is 0 Å². The van der Waals surface area contributed by atoms with Crippen molar-refractivity contribution in [1.82, 2.24) is 0 Å². The van der Waals surface area contributed by atoms with E-state index in [9.17, 15) is 41.3 Å². The van der Waals surface area contributed by atoms with Crippen LogP contribution in [0.5, 0.6) is 0 Å². The van der Waals surface area contributed by atoms with Gasteiger partial charge in [0.1, 0.15) is 97.4 Å². The Bertz CT molecular complexity index is 3300. The van der Waals surface area contributed by atoms with Crippen LogP contribution in [0.4, 0.5) is 0 Å². The molecule has 4 aromatic rings. The zero-order chi connectivity index (χ0) is 67.6. The molecule has 20 atom stereocenters. The van der Waals surface area contributed by atoms with Crippen LogP contribution in [0.25, 0.3) is 41.8 Å². The minimum Gasteiger partial charge on any atom is -0.459 e. The first-order chi connectivity index (χ1) is 46.2. The molecule has 8 rings (SSSR count). The highest BCUT2D eigenvalue weighted by Crippen LogP contribution is 2.40. The molecule has 0 aliphatic carbocycles. The molecular formula is C62H74N12O21. The predicted octanol–water partition coefficient (Wildman–Crippen LogP) is 8.01. The number of esters is 4. The molecule has 508 valence electrons. The lowest BCUT2D eigenvalue weighted by Gasteiger charge is -2.51. The van der Waals surface area contributed by atoms with Crippen LogP contribution in [0.2, 0.25) is 0 Å². The van der Waals surface area contributed by atoms with E-state index in [1.165, 1.54) is 14.2 Å². The summed E-state index contributed by atoms with van der Waals surface area (Å²) >= 11 is 0. The Hall–Kier alpha value is -8.52. The van der Waals surface area contributed by atoms with Crippen LogP contribution in [0.15, 0.2) is 142 Å². The van der Waals surface area contributed by atoms with Gasteiger partial charge in [-0.05, 0) is 44.4 Å². The van der Waals surface area contributed by atoms with Crippen LogP contribution in [0.3, 0.4) is 0 Å². The molecule has 0 spiro atoms. The molecule has 0 radical (unpaired) electrons. The fourth-order valence-corrected chi connectivity index (χ4v) is 11.4. The van der Waals surface area contributed by atoms with E-state index in [0.29, 0.717) is 11.1 Å². The largest absolute Gasteiger partial charge is 0.459 e. The zero-order valence-electron chi connectivity index (χ0n) is 52.7. The second-order valence-corrected chi connectivity index (χ2v) is 22.0. The van der Waals surface area contributed by atoms with Crippen molar-refractivity contribution in [3.63, 3.8) is 0 Å². The van der Waals surface area contributed by atoms with Crippen LogP contribution in [-0.2, 0) is 126 Å². The minimum atomic E-state index is -1.90. The number of carbonyl (C=O) groups is 4. The lowest BCUT2D eigenvalue weighted by molar-refractivity contribution is -0.361. The van der Waals surface area contributed by atoms with Gasteiger partial charge < -0.3 is 80.5 Å². The van der Waals surface area contributed by atoms with Crippen molar-refractivity contribution in [2.75, 3.05) is 40.6 Å². The standard InChI is InChI=1S/C62H74N12O21/c1-35(75)85-55-48(68-72-64)60(90-43(51(55)79-5)31-81-27-39-19-11-7-12-20-39)94-53-45(33-83-29-41-23-15-9-16-24-41)92-62(50(70-74-66)57(53)87-37(3)77)95-54-46(34-84-30-42-25-17-10-18-26-42)91-61(49(69-73-65)58(54)88-38(4)78)93-52-44(32-82-28-40-21-13-8-14-22-40)89-59(80-6)47(67-71-63)56(52)86-36(2)76/h7-26,43-62H,27-34H2,1-6H3/t43-,44-,45-,46-,47-,48-,49-,50-,51+,52+,53+,54+,55-,56-,57-,58-,59+,60-,61-,62-/m1/s1. The summed E-state index contributed by atoms with van der Waals surface area (Å²) < 4.78 is 107. The minimum absolute atomic E-state index is 0.0375. The van der Waals surface area contributed by atoms with Gasteiger partial charge in [0.15, 0.2) is 25.2 Å². The molecule has 4 heterocycles. The maximum Gasteiger partial charge on any atom is 0.303 e. The molecule has 33 nitrogen and oxygen atoms in total. The third kappa shape index (κ3) is 20.3. The van der Waals surface area contributed by atoms with E-state index >= 15 is 0 Å². The molecule has 0 unspecified atom stereocenters. The Morgan fingerprint density at radius 3 is 0.811 bits per heavy atom. The van der Waals surface area contributed by atoms with E-state index in [0.717, 1.165) is 38.8 Å². The van der Waals surface area contributed by atoms with Crippen molar-refractivity contribution in [3.8, 4) is 0 Å². The number of rotatable bonds is 32. The smallest absolute Gasteiger partial charge is 0.303 e. The third-order valence-corrected chi connectivity index (χ3v) is 15.4. The first kappa shape index (κ1) is 72.3. The number of methoxy groups -OCH3 is 2. The Morgan fingerprint density at radius 1 is 0.347 bits per heavy atom. The summed E-state index contributed by atoms with van der Waals surface area (Å²) in [5.74, 6) is -3.53. The van der Waals surface area contributed by atoms with Crippen molar-refractivity contribution in [2.24, 2.45) is 20.5 Å². The van der Waals surface area contributed by atoms with Crippen molar-refractivity contribution in [3.05, 3.63) is 185 Å². The quantitative estimate of drug-likeness (QED) is 0.0147. The van der Waals surface area contributed by atoms with Gasteiger partial charge in [-0.25, -0.2) is 0 Å². The number of azide groups is 4. The molecular weight excluding hydrogens is 1250 g/mol. The van der Waals surface area contributed by atoms with Gasteiger partial charge in [0.2, 0.25) is 0 Å². The zero-order valence-corrected chi connectivity index (χ0v) is 52.7. The summed E-state index contributed by atoms with van der Waals surface area (Å²) in [7, 11) is 2.61. The average Bonchev–Trinajstić information content (AvgIpc) is 0.769. The third-order valence-electron chi connectivity index (χ3n) is 15.4. The van der Waals surface area contributed by atoms with Gasteiger partial charge in [-0.1, -0.05) is 142 Å².